The van der Waals surface area contributed by atoms with Crippen LogP contribution in [0, 0.1) is 5.82 Å². The number of ketones is 1. The molecular weight excluding hydrogens is 400 g/mol. The SMILES string of the molecule is CC(=O)C1=NN2c3cc(F)ccc3OCC2[C@]1(CCCN1CC(F)C1)c1ccccc1. The molecular formula is C24H25F2N3O2. The van der Waals surface area contributed by atoms with Crippen molar-refractivity contribution in [1.29, 1.82) is 0 Å². The Labute approximate surface area is 180 Å². The molecule has 0 saturated carbocycles. The zero-order chi connectivity index (χ0) is 21.6. The lowest BCUT2D eigenvalue weighted by atomic mass is 9.67. The molecule has 2 atom stereocenters. The summed E-state index contributed by atoms with van der Waals surface area (Å²) in [7, 11) is 0. The van der Waals surface area contributed by atoms with Crippen LogP contribution >= 0.6 is 0 Å². The molecule has 3 aliphatic heterocycles. The number of carbonyl (C=O) groups is 1. The summed E-state index contributed by atoms with van der Waals surface area (Å²) in [6, 6.07) is 14.0. The molecule has 0 amide bonds. The second-order valence-electron chi connectivity index (χ2n) is 8.59. The standard InChI is InChI=1S/C24H25F2N3O2/c1-16(30)23-24(17-6-3-2-4-7-17,10-5-11-28-13-19(26)14-28)22-15-31-21-9-8-18(25)12-20(21)29(22)27-23/h2-4,6-9,12,19,22H,5,10-11,13-15H2,1H3/t22?,24-/m0/s1. The van der Waals surface area contributed by atoms with Crippen LogP contribution in [-0.4, -0.2) is 54.8 Å². The second-order valence-corrected chi connectivity index (χ2v) is 8.59. The van der Waals surface area contributed by atoms with E-state index in [9.17, 15) is 13.6 Å². The van der Waals surface area contributed by atoms with E-state index in [1.165, 1.54) is 19.1 Å². The maximum Gasteiger partial charge on any atom is 0.176 e. The van der Waals surface area contributed by atoms with Gasteiger partial charge in [-0.05, 0) is 37.1 Å². The molecule has 7 heteroatoms. The molecule has 0 bridgehead atoms. The zero-order valence-electron chi connectivity index (χ0n) is 17.4. The van der Waals surface area contributed by atoms with Gasteiger partial charge in [0.05, 0.1) is 5.41 Å². The van der Waals surface area contributed by atoms with Gasteiger partial charge in [-0.25, -0.2) is 8.78 Å². The summed E-state index contributed by atoms with van der Waals surface area (Å²) in [6.45, 7) is 3.57. The van der Waals surface area contributed by atoms with Gasteiger partial charge in [-0.15, -0.1) is 0 Å². The number of hydrogen-bond acceptors (Lipinski definition) is 5. The van der Waals surface area contributed by atoms with E-state index in [0.717, 1.165) is 18.5 Å². The molecule has 2 aromatic rings. The Morgan fingerprint density at radius 2 is 2.00 bits per heavy atom. The van der Waals surface area contributed by atoms with Crippen LogP contribution in [-0.2, 0) is 10.2 Å². The van der Waals surface area contributed by atoms with Crippen molar-refractivity contribution in [2.24, 2.45) is 5.10 Å². The number of carbonyl (C=O) groups excluding carboxylic acids is 1. The zero-order valence-corrected chi connectivity index (χ0v) is 17.4. The number of nitrogens with zero attached hydrogens (tertiary/aromatic N) is 3. The normalized spacial score (nSPS) is 25.3. The van der Waals surface area contributed by atoms with Gasteiger partial charge in [0.1, 0.15) is 41.8 Å². The summed E-state index contributed by atoms with van der Waals surface area (Å²) in [4.78, 5) is 14.9. The fraction of sp³-hybridized carbons (Fsp3) is 0.417. The summed E-state index contributed by atoms with van der Waals surface area (Å²) < 4.78 is 33.3. The molecule has 31 heavy (non-hydrogen) atoms. The van der Waals surface area contributed by atoms with E-state index in [-0.39, 0.29) is 17.6 Å². The smallest absolute Gasteiger partial charge is 0.176 e. The first-order valence-corrected chi connectivity index (χ1v) is 10.7. The quantitative estimate of drug-likeness (QED) is 0.708. The van der Waals surface area contributed by atoms with E-state index in [0.29, 0.717) is 43.3 Å². The average molecular weight is 425 g/mol. The van der Waals surface area contributed by atoms with Gasteiger partial charge in [0.25, 0.3) is 0 Å². The molecule has 0 N–H and O–H groups in total. The molecule has 0 aromatic heterocycles. The first-order valence-electron chi connectivity index (χ1n) is 10.7. The van der Waals surface area contributed by atoms with Crippen LogP contribution in [0.3, 0.4) is 0 Å². The molecule has 0 radical (unpaired) electrons. The number of rotatable bonds is 6. The Morgan fingerprint density at radius 1 is 1.23 bits per heavy atom. The topological polar surface area (TPSA) is 45.1 Å². The second kappa shape index (κ2) is 7.71. The van der Waals surface area contributed by atoms with Gasteiger partial charge in [0.15, 0.2) is 5.78 Å². The van der Waals surface area contributed by atoms with Crippen molar-refractivity contribution < 1.29 is 18.3 Å². The number of benzene rings is 2. The number of hydrazone groups is 1. The third-order valence-corrected chi connectivity index (χ3v) is 6.64. The molecule has 0 aliphatic carbocycles. The van der Waals surface area contributed by atoms with Crippen molar-refractivity contribution in [1.82, 2.24) is 4.90 Å². The van der Waals surface area contributed by atoms with Gasteiger partial charge < -0.3 is 4.74 Å². The highest BCUT2D eigenvalue weighted by Gasteiger charge is 2.55. The molecule has 0 spiro atoms. The van der Waals surface area contributed by atoms with Crippen molar-refractivity contribution in [2.75, 3.05) is 31.3 Å². The van der Waals surface area contributed by atoms with Gasteiger partial charge >= 0.3 is 0 Å². The Balaban J connectivity index is 1.55. The molecule has 1 saturated heterocycles. The molecule has 1 unspecified atom stereocenters. The highest BCUT2D eigenvalue weighted by atomic mass is 19.1. The largest absolute Gasteiger partial charge is 0.489 e. The molecule has 162 valence electrons. The van der Waals surface area contributed by atoms with E-state index >= 15 is 0 Å². The van der Waals surface area contributed by atoms with Crippen LogP contribution < -0.4 is 9.75 Å². The number of anilines is 1. The minimum Gasteiger partial charge on any atom is -0.489 e. The number of alkyl halides is 1. The summed E-state index contributed by atoms with van der Waals surface area (Å²) >= 11 is 0. The summed E-state index contributed by atoms with van der Waals surface area (Å²) in [5.74, 6) is 0.0741. The molecule has 1 fully saturated rings. The first kappa shape index (κ1) is 20.1. The summed E-state index contributed by atoms with van der Waals surface area (Å²) in [5, 5.41) is 6.52. The lowest BCUT2D eigenvalue weighted by molar-refractivity contribution is -0.111. The number of halogens is 2. The van der Waals surface area contributed by atoms with Gasteiger partial charge in [-0.1, -0.05) is 30.3 Å². The van der Waals surface area contributed by atoms with Crippen LogP contribution in [0.5, 0.6) is 5.75 Å². The van der Waals surface area contributed by atoms with Gasteiger partial charge in [-0.3, -0.25) is 14.7 Å². The monoisotopic (exact) mass is 425 g/mol. The number of ether oxygens (including phenoxy) is 1. The van der Waals surface area contributed by atoms with Crippen molar-refractivity contribution in [3.05, 3.63) is 59.9 Å². The fourth-order valence-electron chi connectivity index (χ4n) is 5.18. The fourth-order valence-corrected chi connectivity index (χ4v) is 5.18. The van der Waals surface area contributed by atoms with E-state index in [1.54, 1.807) is 11.1 Å². The molecule has 3 heterocycles. The number of likely N-dealkylation sites (tertiary alicyclic amines) is 1. The van der Waals surface area contributed by atoms with Crippen molar-refractivity contribution in [3.63, 3.8) is 0 Å². The number of Topliss-reactive ketones (excluding diaryl/α,β-unsaturated/α-hetero) is 1. The van der Waals surface area contributed by atoms with Crippen molar-refractivity contribution in [2.45, 2.75) is 37.4 Å². The lowest BCUT2D eigenvalue weighted by Gasteiger charge is -2.42. The van der Waals surface area contributed by atoms with E-state index in [4.69, 9.17) is 9.84 Å². The Bertz CT molecular complexity index is 1020. The predicted octanol–water partition coefficient (Wildman–Crippen LogP) is 3.72. The van der Waals surface area contributed by atoms with E-state index < -0.39 is 11.6 Å². The average Bonchev–Trinajstić information content (AvgIpc) is 3.09. The highest BCUT2D eigenvalue weighted by molar-refractivity contribution is 6.43. The third kappa shape index (κ3) is 3.31. The predicted molar refractivity (Wildman–Crippen MR) is 115 cm³/mol. The Hall–Kier alpha value is -2.80. The van der Waals surface area contributed by atoms with Gasteiger partial charge in [0.2, 0.25) is 0 Å². The van der Waals surface area contributed by atoms with Crippen LogP contribution in [0.2, 0.25) is 0 Å². The molecule has 5 nitrogen and oxygen atoms in total. The number of hydrogen-bond donors (Lipinski definition) is 0. The van der Waals surface area contributed by atoms with Gasteiger partial charge in [0, 0.05) is 26.1 Å². The van der Waals surface area contributed by atoms with Crippen LogP contribution in [0.15, 0.2) is 53.6 Å². The number of fused-ring (bicyclic) bond motifs is 3. The highest BCUT2D eigenvalue weighted by Crippen LogP contribution is 2.48. The van der Waals surface area contributed by atoms with Crippen molar-refractivity contribution >= 4 is 17.2 Å². The first-order chi connectivity index (χ1) is 15.0. The summed E-state index contributed by atoms with van der Waals surface area (Å²) in [6.07, 6.45) is 0.712. The minimum absolute atomic E-state index is 0.107. The van der Waals surface area contributed by atoms with Crippen LogP contribution in [0.25, 0.3) is 0 Å². The van der Waals surface area contributed by atoms with Crippen molar-refractivity contribution in [3.8, 4) is 5.75 Å². The minimum atomic E-state index is -0.738. The van der Waals surface area contributed by atoms with E-state index in [2.05, 4.69) is 4.90 Å². The maximum atomic E-state index is 14.1. The molecule has 2 aromatic carbocycles. The Morgan fingerprint density at radius 3 is 2.71 bits per heavy atom. The van der Waals surface area contributed by atoms with Crippen LogP contribution in [0.4, 0.5) is 14.5 Å². The van der Waals surface area contributed by atoms with Crippen LogP contribution in [0.1, 0.15) is 25.3 Å². The maximum absolute atomic E-state index is 14.1. The molecule has 5 rings (SSSR count). The lowest BCUT2D eigenvalue weighted by Crippen LogP contribution is -2.54. The third-order valence-electron chi connectivity index (χ3n) is 6.64. The van der Waals surface area contributed by atoms with E-state index in [1.807, 2.05) is 30.3 Å². The molecule has 3 aliphatic rings. The summed E-state index contributed by atoms with van der Waals surface area (Å²) in [5.41, 5.74) is 1.32. The Kier molecular flexibility index (Phi) is 5.01. The van der Waals surface area contributed by atoms with Gasteiger partial charge in [-0.2, -0.15) is 5.10 Å².